The highest BCUT2D eigenvalue weighted by atomic mass is 28.4. The lowest BCUT2D eigenvalue weighted by molar-refractivity contribution is -0.343. The van der Waals surface area contributed by atoms with Crippen molar-refractivity contribution in [2.75, 3.05) is 5.32 Å². The molecule has 1 rings (SSSR count). The summed E-state index contributed by atoms with van der Waals surface area (Å²) >= 11 is 0. The third-order valence-electron chi connectivity index (χ3n) is 4.55. The first-order chi connectivity index (χ1) is 12.7. The zero-order valence-corrected chi connectivity index (χ0v) is 17.2. The normalized spacial score (nSPS) is 13.8. The second-order valence-corrected chi connectivity index (χ2v) is 12.6. The smallest absolute Gasteiger partial charge is 0.460 e. The molecule has 0 heterocycles. The standard InChI is InChI=1S/C17H20F7NO3Si/c1-14(2,3)29(4,5)28-12(26)10-7-6-8-11(9-10)25-13(27)15(18,19)16(20,21)17(22,23)24/h6-9H,1-5H3,(H,25,27). The number of hydrogen-bond acceptors (Lipinski definition) is 3. The van der Waals surface area contributed by atoms with Crippen LogP contribution in [-0.2, 0) is 9.22 Å². The van der Waals surface area contributed by atoms with Crippen LogP contribution in [0.1, 0.15) is 31.1 Å². The third kappa shape index (κ3) is 5.09. The number of alkyl halides is 7. The maximum Gasteiger partial charge on any atom is 0.460 e. The first-order valence-corrected chi connectivity index (χ1v) is 11.1. The number of benzene rings is 1. The van der Waals surface area contributed by atoms with Crippen molar-refractivity contribution in [1.29, 1.82) is 0 Å². The monoisotopic (exact) mass is 447 g/mol. The molecule has 0 radical (unpaired) electrons. The minimum atomic E-state index is -6.64. The fourth-order valence-electron chi connectivity index (χ4n) is 1.70. The number of nitrogens with one attached hydrogen (secondary N) is 1. The molecule has 1 aromatic carbocycles. The van der Waals surface area contributed by atoms with Gasteiger partial charge in [-0.2, -0.15) is 30.7 Å². The Labute approximate surface area is 163 Å². The molecule has 0 fully saturated rings. The number of rotatable bonds is 5. The van der Waals surface area contributed by atoms with Crippen molar-refractivity contribution >= 4 is 25.9 Å². The molecule has 1 amide bonds. The largest absolute Gasteiger partial charge is 0.516 e. The highest BCUT2D eigenvalue weighted by molar-refractivity contribution is 6.75. The molecule has 0 bridgehead atoms. The molecule has 0 spiro atoms. The van der Waals surface area contributed by atoms with Crippen LogP contribution in [0.2, 0.25) is 18.1 Å². The Kier molecular flexibility index (Phi) is 6.54. The second-order valence-electron chi connectivity index (χ2n) is 7.83. The van der Waals surface area contributed by atoms with Gasteiger partial charge in [-0.25, -0.2) is 4.79 Å². The summed E-state index contributed by atoms with van der Waals surface area (Å²) in [5.41, 5.74) is -0.768. The minimum Gasteiger partial charge on any atom is -0.516 e. The van der Waals surface area contributed by atoms with Crippen LogP contribution in [0.5, 0.6) is 0 Å². The summed E-state index contributed by atoms with van der Waals surface area (Å²) in [5, 5.41) is 0.936. The van der Waals surface area contributed by atoms with E-state index < -0.39 is 43.9 Å². The maximum absolute atomic E-state index is 13.4. The molecule has 1 aromatic rings. The molecule has 164 valence electrons. The van der Waals surface area contributed by atoms with E-state index in [1.54, 1.807) is 13.1 Å². The zero-order chi connectivity index (χ0) is 23.1. The highest BCUT2D eigenvalue weighted by Gasteiger charge is 2.76. The van der Waals surface area contributed by atoms with E-state index in [1.165, 1.54) is 11.4 Å². The maximum atomic E-state index is 13.4. The van der Waals surface area contributed by atoms with Crippen molar-refractivity contribution < 1.29 is 44.7 Å². The Morgan fingerprint density at radius 1 is 0.966 bits per heavy atom. The third-order valence-corrected chi connectivity index (χ3v) is 8.85. The van der Waals surface area contributed by atoms with Crippen molar-refractivity contribution in [2.24, 2.45) is 0 Å². The van der Waals surface area contributed by atoms with Gasteiger partial charge < -0.3 is 9.74 Å². The van der Waals surface area contributed by atoms with E-state index in [0.29, 0.717) is 0 Å². The van der Waals surface area contributed by atoms with Crippen LogP contribution in [0.3, 0.4) is 0 Å². The van der Waals surface area contributed by atoms with Crippen molar-refractivity contribution in [3.8, 4) is 0 Å². The minimum absolute atomic E-state index is 0.196. The number of amides is 1. The summed E-state index contributed by atoms with van der Waals surface area (Å²) in [6.45, 7) is 9.08. The molecule has 0 aliphatic carbocycles. The summed E-state index contributed by atoms with van der Waals surface area (Å²) < 4.78 is 94.8. The quantitative estimate of drug-likeness (QED) is 0.471. The van der Waals surface area contributed by atoms with E-state index in [0.717, 1.165) is 18.2 Å². The summed E-state index contributed by atoms with van der Waals surface area (Å²) in [4.78, 5) is 23.7. The number of anilines is 1. The van der Waals surface area contributed by atoms with Crippen molar-refractivity contribution in [2.45, 2.75) is 56.9 Å². The van der Waals surface area contributed by atoms with Crippen LogP contribution in [0.25, 0.3) is 0 Å². The number of carbonyl (C=O) groups excluding carboxylic acids is 2. The van der Waals surface area contributed by atoms with E-state index in [2.05, 4.69) is 0 Å². The Morgan fingerprint density at radius 3 is 1.93 bits per heavy atom. The Balaban J connectivity index is 3.08. The van der Waals surface area contributed by atoms with E-state index in [9.17, 15) is 40.3 Å². The molecule has 1 N–H and O–H groups in total. The van der Waals surface area contributed by atoms with Crippen molar-refractivity contribution in [1.82, 2.24) is 0 Å². The van der Waals surface area contributed by atoms with Gasteiger partial charge in [0.05, 0.1) is 5.56 Å². The van der Waals surface area contributed by atoms with E-state index >= 15 is 0 Å². The molecule has 0 saturated carbocycles. The average Bonchev–Trinajstić information content (AvgIpc) is 2.52. The second kappa shape index (κ2) is 7.61. The van der Waals surface area contributed by atoms with Gasteiger partial charge in [-0.05, 0) is 36.3 Å². The number of carbonyl (C=O) groups is 2. The molecule has 0 unspecified atom stereocenters. The van der Waals surface area contributed by atoms with Gasteiger partial charge in [-0.1, -0.05) is 26.8 Å². The van der Waals surface area contributed by atoms with Crippen LogP contribution < -0.4 is 5.32 Å². The summed E-state index contributed by atoms with van der Waals surface area (Å²) in [5.74, 6) is -16.4. The van der Waals surface area contributed by atoms with Crippen molar-refractivity contribution in [3.63, 3.8) is 0 Å². The Morgan fingerprint density at radius 2 is 1.48 bits per heavy atom. The molecule has 0 saturated heterocycles. The SMILES string of the molecule is CC(C)(C)[Si](C)(C)OC(=O)c1cccc(NC(=O)C(F)(F)C(F)(F)C(F)(F)F)c1. The first kappa shape index (κ1) is 24.9. The molecule has 0 aliphatic heterocycles. The summed E-state index contributed by atoms with van der Waals surface area (Å²) in [6.07, 6.45) is -6.64. The molecular weight excluding hydrogens is 427 g/mol. The van der Waals surface area contributed by atoms with Gasteiger partial charge in [-0.15, -0.1) is 0 Å². The van der Waals surface area contributed by atoms with Crippen LogP contribution in [0, 0.1) is 0 Å². The van der Waals surface area contributed by atoms with E-state index in [4.69, 9.17) is 4.43 Å². The van der Waals surface area contributed by atoms with E-state index in [-0.39, 0.29) is 10.6 Å². The fraction of sp³-hybridized carbons (Fsp3) is 0.529. The predicted octanol–water partition coefficient (Wildman–Crippen LogP) is 5.62. The molecule has 12 heteroatoms. The van der Waals surface area contributed by atoms with Gasteiger partial charge in [0.1, 0.15) is 0 Å². The molecule has 0 aromatic heterocycles. The Hall–Kier alpha value is -2.11. The lowest BCUT2D eigenvalue weighted by atomic mass is 10.1. The lowest BCUT2D eigenvalue weighted by Crippen LogP contribution is -2.57. The first-order valence-electron chi connectivity index (χ1n) is 8.21. The van der Waals surface area contributed by atoms with Gasteiger partial charge in [0.25, 0.3) is 8.32 Å². The summed E-state index contributed by atoms with van der Waals surface area (Å²) in [6, 6.07) is 4.13. The average molecular weight is 447 g/mol. The highest BCUT2D eigenvalue weighted by Crippen LogP contribution is 2.47. The van der Waals surface area contributed by atoms with Gasteiger partial charge in [0, 0.05) is 5.69 Å². The lowest BCUT2D eigenvalue weighted by Gasteiger charge is -2.35. The van der Waals surface area contributed by atoms with Gasteiger partial charge in [-0.3, -0.25) is 4.79 Å². The molecular formula is C17H20F7NO3Si. The molecule has 0 aliphatic rings. The fourth-order valence-corrected chi connectivity index (χ4v) is 2.59. The van der Waals surface area contributed by atoms with Crippen LogP contribution in [0.4, 0.5) is 36.4 Å². The van der Waals surface area contributed by atoms with Crippen LogP contribution in [-0.4, -0.2) is 38.2 Å². The number of halogens is 7. The van der Waals surface area contributed by atoms with Gasteiger partial charge >= 0.3 is 29.9 Å². The Bertz CT molecular complexity index is 786. The van der Waals surface area contributed by atoms with Crippen molar-refractivity contribution in [3.05, 3.63) is 29.8 Å². The zero-order valence-electron chi connectivity index (χ0n) is 16.2. The van der Waals surface area contributed by atoms with Gasteiger partial charge in [0.2, 0.25) is 0 Å². The number of hydrogen-bond donors (Lipinski definition) is 1. The van der Waals surface area contributed by atoms with Crippen LogP contribution in [0.15, 0.2) is 24.3 Å². The van der Waals surface area contributed by atoms with E-state index in [1.807, 2.05) is 20.8 Å². The topological polar surface area (TPSA) is 55.4 Å². The predicted molar refractivity (Wildman–Crippen MR) is 93.6 cm³/mol. The molecule has 4 nitrogen and oxygen atoms in total. The van der Waals surface area contributed by atoms with Gasteiger partial charge in [0.15, 0.2) is 0 Å². The summed E-state index contributed by atoms with van der Waals surface area (Å²) in [7, 11) is -2.56. The molecule has 29 heavy (non-hydrogen) atoms. The molecule has 0 atom stereocenters. The van der Waals surface area contributed by atoms with Crippen LogP contribution >= 0.6 is 0 Å².